The van der Waals surface area contributed by atoms with Gasteiger partial charge in [0.2, 0.25) is 0 Å². The van der Waals surface area contributed by atoms with Gasteiger partial charge in [-0.3, -0.25) is 0 Å². The number of allylic oxidation sites excluding steroid dienone is 1. The molecular weight excluding hydrogens is 206 g/mol. The number of hydrogen-bond donors (Lipinski definition) is 0. The first-order valence-corrected chi connectivity index (χ1v) is 5.93. The van der Waals surface area contributed by atoms with Crippen molar-refractivity contribution < 1.29 is 0 Å². The van der Waals surface area contributed by atoms with Gasteiger partial charge in [-0.25, -0.2) is 0 Å². The Morgan fingerprint density at radius 2 is 1.65 bits per heavy atom. The molecule has 0 aliphatic rings. The van der Waals surface area contributed by atoms with Gasteiger partial charge >= 0.3 is 0 Å². The van der Waals surface area contributed by atoms with Gasteiger partial charge in [0, 0.05) is 28.9 Å². The molecule has 0 spiro atoms. The fourth-order valence-corrected chi connectivity index (χ4v) is 1.85. The fourth-order valence-electron chi connectivity index (χ4n) is 1.85. The molecular formula is C16H23N. The van der Waals surface area contributed by atoms with Crippen molar-refractivity contribution in [3.05, 3.63) is 47.6 Å². The lowest BCUT2D eigenvalue weighted by Gasteiger charge is -1.97. The first-order chi connectivity index (χ1) is 8.21. The molecule has 0 radical (unpaired) electrons. The Kier molecular flexibility index (Phi) is 6.73. The van der Waals surface area contributed by atoms with E-state index in [1.54, 1.807) is 6.08 Å². The number of nitrogens with zero attached hydrogens (tertiary/aromatic N) is 1. The second-order valence-electron chi connectivity index (χ2n) is 3.26. The molecule has 0 saturated carbocycles. The summed E-state index contributed by atoms with van der Waals surface area (Å²) in [6.07, 6.45) is 9.59. The highest BCUT2D eigenvalue weighted by Gasteiger charge is 2.05. The summed E-state index contributed by atoms with van der Waals surface area (Å²) in [7, 11) is 2.02. The summed E-state index contributed by atoms with van der Waals surface area (Å²) in [5.74, 6) is 0. The van der Waals surface area contributed by atoms with Gasteiger partial charge in [-0.1, -0.05) is 51.8 Å². The molecule has 1 aromatic rings. The maximum atomic E-state index is 3.84. The van der Waals surface area contributed by atoms with E-state index in [9.17, 15) is 0 Å². The molecule has 1 heteroatoms. The van der Waals surface area contributed by atoms with Crippen molar-refractivity contribution in [1.82, 2.24) is 4.57 Å². The third kappa shape index (κ3) is 2.88. The van der Waals surface area contributed by atoms with E-state index in [1.165, 1.54) is 5.22 Å². The van der Waals surface area contributed by atoms with E-state index in [2.05, 4.69) is 30.4 Å². The van der Waals surface area contributed by atoms with Crippen LogP contribution >= 0.6 is 0 Å². The maximum Gasteiger partial charge on any atom is 0.0485 e. The predicted molar refractivity (Wildman–Crippen MR) is 81.0 cm³/mol. The molecule has 17 heavy (non-hydrogen) atoms. The highest BCUT2D eigenvalue weighted by atomic mass is 14.9. The molecule has 0 fully saturated rings. The summed E-state index contributed by atoms with van der Waals surface area (Å²) >= 11 is 0. The smallest absolute Gasteiger partial charge is 0.0485 e. The van der Waals surface area contributed by atoms with Crippen LogP contribution in [0, 0.1) is 0 Å². The molecule has 0 aliphatic heterocycles. The molecule has 0 saturated heterocycles. The molecule has 92 valence electrons. The van der Waals surface area contributed by atoms with Crippen molar-refractivity contribution >= 4 is 24.3 Å². The van der Waals surface area contributed by atoms with Crippen molar-refractivity contribution in [1.29, 1.82) is 0 Å². The third-order valence-electron chi connectivity index (χ3n) is 2.53. The summed E-state index contributed by atoms with van der Waals surface area (Å²) in [4.78, 5) is 0. The quantitative estimate of drug-likeness (QED) is 0.750. The molecule has 0 amide bonds. The van der Waals surface area contributed by atoms with E-state index in [0.29, 0.717) is 0 Å². The van der Waals surface area contributed by atoms with Crippen LogP contribution in [0.4, 0.5) is 0 Å². The SMILES string of the molecule is C=C/C=c1\c(=C/C)c(C=C)c(C=C)n1C.CC. The Morgan fingerprint density at radius 1 is 1.06 bits per heavy atom. The van der Waals surface area contributed by atoms with Crippen LogP contribution in [-0.2, 0) is 7.05 Å². The molecule has 0 aromatic carbocycles. The molecule has 1 heterocycles. The van der Waals surface area contributed by atoms with Gasteiger partial charge in [-0.2, -0.15) is 0 Å². The monoisotopic (exact) mass is 229 g/mol. The van der Waals surface area contributed by atoms with Crippen molar-refractivity contribution in [2.45, 2.75) is 20.8 Å². The molecule has 1 aromatic heterocycles. The van der Waals surface area contributed by atoms with Crippen LogP contribution in [0.1, 0.15) is 32.0 Å². The van der Waals surface area contributed by atoms with Crippen LogP contribution in [0.5, 0.6) is 0 Å². The Balaban J connectivity index is 0.00000121. The lowest BCUT2D eigenvalue weighted by Crippen LogP contribution is -2.28. The van der Waals surface area contributed by atoms with Gasteiger partial charge in [0.1, 0.15) is 0 Å². The summed E-state index contributed by atoms with van der Waals surface area (Å²) in [5, 5.41) is 2.32. The summed E-state index contributed by atoms with van der Waals surface area (Å²) in [5.41, 5.74) is 2.22. The lowest BCUT2D eigenvalue weighted by molar-refractivity contribution is 0.877. The van der Waals surface area contributed by atoms with E-state index < -0.39 is 0 Å². The normalized spacial score (nSPS) is 11.8. The maximum absolute atomic E-state index is 3.84. The minimum Gasteiger partial charge on any atom is -0.344 e. The highest BCUT2D eigenvalue weighted by molar-refractivity contribution is 5.64. The van der Waals surface area contributed by atoms with Gasteiger partial charge < -0.3 is 4.57 Å². The lowest BCUT2D eigenvalue weighted by atomic mass is 10.2. The third-order valence-corrected chi connectivity index (χ3v) is 2.53. The topological polar surface area (TPSA) is 4.93 Å². The van der Waals surface area contributed by atoms with Crippen molar-refractivity contribution in [3.63, 3.8) is 0 Å². The minimum atomic E-state index is 1.09. The molecule has 1 nitrogen and oxygen atoms in total. The Hall–Kier alpha value is -1.76. The van der Waals surface area contributed by atoms with Crippen LogP contribution in [0.15, 0.2) is 25.8 Å². The number of hydrogen-bond acceptors (Lipinski definition) is 0. The fraction of sp³-hybridized carbons (Fsp3) is 0.250. The zero-order valence-electron chi connectivity index (χ0n) is 11.5. The first kappa shape index (κ1) is 15.2. The van der Waals surface area contributed by atoms with E-state index in [-0.39, 0.29) is 0 Å². The van der Waals surface area contributed by atoms with E-state index >= 15 is 0 Å². The van der Waals surface area contributed by atoms with Crippen LogP contribution < -0.4 is 10.6 Å². The summed E-state index contributed by atoms with van der Waals surface area (Å²) in [6, 6.07) is 0. The summed E-state index contributed by atoms with van der Waals surface area (Å²) < 4.78 is 2.10. The van der Waals surface area contributed by atoms with Crippen LogP contribution in [-0.4, -0.2) is 4.57 Å². The van der Waals surface area contributed by atoms with Gasteiger partial charge in [0.15, 0.2) is 0 Å². The van der Waals surface area contributed by atoms with Crippen molar-refractivity contribution in [3.8, 4) is 0 Å². The van der Waals surface area contributed by atoms with Crippen molar-refractivity contribution in [2.24, 2.45) is 7.05 Å². The second-order valence-corrected chi connectivity index (χ2v) is 3.26. The second kappa shape index (κ2) is 7.50. The Morgan fingerprint density at radius 3 is 2.00 bits per heavy atom. The van der Waals surface area contributed by atoms with E-state index in [4.69, 9.17) is 0 Å². The first-order valence-electron chi connectivity index (χ1n) is 5.93. The minimum absolute atomic E-state index is 1.09. The van der Waals surface area contributed by atoms with Crippen LogP contribution in [0.2, 0.25) is 0 Å². The van der Waals surface area contributed by atoms with E-state index in [1.807, 2.05) is 46.0 Å². The molecule has 0 aliphatic carbocycles. The molecule has 0 atom stereocenters. The zero-order chi connectivity index (χ0) is 13.4. The van der Waals surface area contributed by atoms with Gasteiger partial charge in [-0.05, 0) is 19.1 Å². The average Bonchev–Trinajstić information content (AvgIpc) is 2.64. The summed E-state index contributed by atoms with van der Waals surface area (Å²) in [6.45, 7) is 17.4. The average molecular weight is 229 g/mol. The molecule has 1 rings (SSSR count). The molecule has 0 bridgehead atoms. The zero-order valence-corrected chi connectivity index (χ0v) is 11.5. The number of aromatic nitrogens is 1. The standard InChI is InChI=1S/C14H17N.C2H6/c1-6-10-14-12(8-3)11(7-2)13(9-4)15(14)5;1-2/h6-10H,1-2,4H2,3,5H3;1-2H3/b12-8-,14-10+;. The highest BCUT2D eigenvalue weighted by Crippen LogP contribution is 2.04. The molecule has 0 N–H and O–H groups in total. The van der Waals surface area contributed by atoms with Crippen molar-refractivity contribution in [2.75, 3.05) is 0 Å². The Labute approximate surface area is 105 Å². The van der Waals surface area contributed by atoms with Crippen LogP contribution in [0.25, 0.3) is 24.3 Å². The molecule has 0 unspecified atom stereocenters. The predicted octanol–water partition coefficient (Wildman–Crippen LogP) is 3.10. The van der Waals surface area contributed by atoms with Gasteiger partial charge in [0.05, 0.1) is 0 Å². The van der Waals surface area contributed by atoms with Gasteiger partial charge in [-0.15, -0.1) is 0 Å². The van der Waals surface area contributed by atoms with E-state index in [0.717, 1.165) is 16.6 Å². The van der Waals surface area contributed by atoms with Gasteiger partial charge in [0.25, 0.3) is 0 Å². The largest absolute Gasteiger partial charge is 0.344 e. The van der Waals surface area contributed by atoms with Crippen LogP contribution in [0.3, 0.4) is 0 Å². The number of rotatable bonds is 3. The Bertz CT molecular complexity index is 513.